The van der Waals surface area contributed by atoms with Crippen LogP contribution in [-0.2, 0) is 19.1 Å². The Bertz CT molecular complexity index is 993. The maximum atomic E-state index is 12.9. The molecule has 11 atom stereocenters. The number of nitrogens with one attached hydrogen (secondary N) is 4. The minimum absolute atomic E-state index is 0.0253. The largest absolute Gasteiger partial charge is 0.376 e. The van der Waals surface area contributed by atoms with Crippen LogP contribution in [0.2, 0.25) is 0 Å². The van der Waals surface area contributed by atoms with Crippen molar-refractivity contribution in [3.8, 4) is 6.07 Å². The molecule has 4 N–H and O–H groups in total. The summed E-state index contributed by atoms with van der Waals surface area (Å²) in [6.45, 7) is 7.17. The zero-order valence-corrected chi connectivity index (χ0v) is 29.5. The smallest absolute Gasteiger partial charge is 0.220 e. The van der Waals surface area contributed by atoms with E-state index in [4.69, 9.17) is 25.9 Å². The molecule has 5 fully saturated rings. The van der Waals surface area contributed by atoms with Crippen LogP contribution in [0.1, 0.15) is 90.9 Å². The fraction of sp³-hybridized carbons (Fsp3) is 0.943. The van der Waals surface area contributed by atoms with Crippen LogP contribution in [0, 0.1) is 35.0 Å². The molecule has 0 bridgehead atoms. The number of piperidine rings is 1. The summed E-state index contributed by atoms with van der Waals surface area (Å²) in [7, 11) is 4.06. The quantitative estimate of drug-likeness (QED) is 0.218. The van der Waals surface area contributed by atoms with Gasteiger partial charge in [-0.2, -0.15) is 10.7 Å². The van der Waals surface area contributed by atoms with Gasteiger partial charge < -0.3 is 30.3 Å². The summed E-state index contributed by atoms with van der Waals surface area (Å²) in [6.07, 6.45) is 12.1. The molecule has 10 nitrogen and oxygen atoms in total. The van der Waals surface area contributed by atoms with Crippen LogP contribution in [0.4, 0.5) is 0 Å². The summed E-state index contributed by atoms with van der Waals surface area (Å²) in [5.74, 6) is 1.68. The average molecular weight is 665 g/mol. The molecule has 0 spiro atoms. The number of rotatable bonds is 13. The van der Waals surface area contributed by atoms with Crippen LogP contribution in [-0.4, -0.2) is 105 Å². The fourth-order valence-electron chi connectivity index (χ4n) is 8.83. The van der Waals surface area contributed by atoms with Gasteiger partial charge in [0.2, 0.25) is 5.91 Å². The van der Waals surface area contributed by atoms with Crippen molar-refractivity contribution in [1.29, 1.82) is 5.26 Å². The van der Waals surface area contributed by atoms with Gasteiger partial charge in [-0.15, -0.1) is 11.6 Å². The van der Waals surface area contributed by atoms with Crippen LogP contribution >= 0.6 is 11.6 Å². The normalized spacial score (nSPS) is 41.5. The van der Waals surface area contributed by atoms with E-state index in [0.29, 0.717) is 38.2 Å². The van der Waals surface area contributed by atoms with E-state index in [1.54, 1.807) is 0 Å². The number of carbonyl (C=O) groups is 1. The number of amides is 1. The Morgan fingerprint density at radius 1 is 1.07 bits per heavy atom. The van der Waals surface area contributed by atoms with Gasteiger partial charge in [-0.1, -0.05) is 19.8 Å². The highest BCUT2D eigenvalue weighted by molar-refractivity contribution is 6.21. The zero-order chi connectivity index (χ0) is 32.6. The van der Waals surface area contributed by atoms with Crippen molar-refractivity contribution in [2.75, 3.05) is 40.4 Å². The molecule has 5 rings (SSSR count). The fourth-order valence-corrected chi connectivity index (χ4v) is 9.25. The van der Waals surface area contributed by atoms with Gasteiger partial charge in [0.15, 0.2) is 0 Å². The number of alkyl halides is 1. The van der Waals surface area contributed by atoms with Crippen LogP contribution in [0.3, 0.4) is 0 Å². The summed E-state index contributed by atoms with van der Waals surface area (Å²) in [5, 5.41) is 21.0. The van der Waals surface area contributed by atoms with Gasteiger partial charge in [0.1, 0.15) is 0 Å². The first-order valence-electron chi connectivity index (χ1n) is 18.4. The summed E-state index contributed by atoms with van der Waals surface area (Å²) < 4.78 is 12.6. The van der Waals surface area contributed by atoms with E-state index < -0.39 is 0 Å². The Kier molecular flexibility index (Phi) is 13.9. The van der Waals surface area contributed by atoms with Gasteiger partial charge in [0.05, 0.1) is 54.4 Å². The molecule has 11 unspecified atom stereocenters. The van der Waals surface area contributed by atoms with E-state index >= 15 is 0 Å². The first kappa shape index (κ1) is 36.3. The van der Waals surface area contributed by atoms with Crippen LogP contribution in [0.25, 0.3) is 0 Å². The molecule has 2 saturated heterocycles. The molecule has 0 aromatic carbocycles. The molecular formula is C35H61ClN6O4. The summed E-state index contributed by atoms with van der Waals surface area (Å²) in [5.41, 5.74) is 3.26. The molecule has 0 aromatic rings. The number of ether oxygens (including phenoxy) is 2. The van der Waals surface area contributed by atoms with Crippen LogP contribution < -0.4 is 21.4 Å². The Hall–Kier alpha value is -1.03. The van der Waals surface area contributed by atoms with Crippen molar-refractivity contribution < 1.29 is 19.1 Å². The molecule has 1 amide bonds. The zero-order valence-electron chi connectivity index (χ0n) is 28.7. The van der Waals surface area contributed by atoms with E-state index in [1.165, 1.54) is 25.7 Å². The summed E-state index contributed by atoms with van der Waals surface area (Å²) in [6, 6.07) is 3.26. The van der Waals surface area contributed by atoms with Crippen LogP contribution in [0.5, 0.6) is 0 Å². The molecule has 0 aromatic heterocycles. The van der Waals surface area contributed by atoms with Gasteiger partial charge in [0, 0.05) is 37.7 Å². The SMILES string of the molecule is CCOC1CC2NCC(C#N)C(NC3CCC(OCC4CC(C5CCC(C)CC5)ON4)C(Cl)C3)C2CC1NC(=O)CCCN(C)C. The van der Waals surface area contributed by atoms with Gasteiger partial charge >= 0.3 is 0 Å². The highest BCUT2D eigenvalue weighted by Crippen LogP contribution is 2.37. The number of carbonyl (C=O) groups excluding carboxylic acids is 1. The van der Waals surface area contributed by atoms with Crippen molar-refractivity contribution in [3.63, 3.8) is 0 Å². The van der Waals surface area contributed by atoms with E-state index in [9.17, 15) is 10.1 Å². The summed E-state index contributed by atoms with van der Waals surface area (Å²) in [4.78, 5) is 21.0. The lowest BCUT2D eigenvalue weighted by molar-refractivity contribution is -0.124. The number of hydrogen-bond donors (Lipinski definition) is 4. The molecular weight excluding hydrogens is 604 g/mol. The number of hydrogen-bond acceptors (Lipinski definition) is 9. The number of nitriles is 1. The molecule has 11 heteroatoms. The number of hydroxylamine groups is 1. The topological polar surface area (TPSA) is 120 Å². The summed E-state index contributed by atoms with van der Waals surface area (Å²) >= 11 is 6.99. The van der Waals surface area contributed by atoms with Gasteiger partial charge in [-0.25, -0.2) is 0 Å². The van der Waals surface area contributed by atoms with E-state index in [1.807, 2.05) is 21.0 Å². The minimum Gasteiger partial charge on any atom is -0.376 e. The van der Waals surface area contributed by atoms with Crippen molar-refractivity contribution in [3.05, 3.63) is 0 Å². The second-order valence-corrected chi connectivity index (χ2v) is 15.8. The number of fused-ring (bicyclic) bond motifs is 1. The highest BCUT2D eigenvalue weighted by Gasteiger charge is 2.47. The Labute approximate surface area is 282 Å². The monoisotopic (exact) mass is 664 g/mol. The second kappa shape index (κ2) is 17.6. The van der Waals surface area contributed by atoms with E-state index in [0.717, 1.165) is 57.4 Å². The first-order valence-corrected chi connectivity index (χ1v) is 18.8. The highest BCUT2D eigenvalue weighted by atomic mass is 35.5. The standard InChI is InChI=1S/C35H61ClN6O4/c1-5-44-33-18-29-27(17-30(33)40-34(43)7-6-14-42(3)4)35(24(19-37)20-38-29)39-25-12-13-31(28(36)15-25)45-21-26-16-32(46-41-26)23-10-8-22(2)9-11-23/h22-33,35,38-39,41H,5-18,20-21H2,1-4H3,(H,40,43). The van der Waals surface area contributed by atoms with E-state index in [-0.39, 0.29) is 65.5 Å². The minimum atomic E-state index is -0.141. The van der Waals surface area contributed by atoms with E-state index in [2.05, 4.69) is 39.3 Å². The predicted octanol–water partition coefficient (Wildman–Crippen LogP) is 3.73. The molecule has 2 heterocycles. The van der Waals surface area contributed by atoms with Crippen molar-refractivity contribution in [2.45, 2.75) is 145 Å². The second-order valence-electron chi connectivity index (χ2n) is 15.3. The third-order valence-electron chi connectivity index (χ3n) is 11.5. The molecule has 3 aliphatic carbocycles. The predicted molar refractivity (Wildman–Crippen MR) is 180 cm³/mol. The van der Waals surface area contributed by atoms with Crippen molar-refractivity contribution in [2.24, 2.45) is 23.7 Å². The molecule has 262 valence electrons. The molecule has 0 radical (unpaired) electrons. The Morgan fingerprint density at radius 3 is 2.59 bits per heavy atom. The van der Waals surface area contributed by atoms with Crippen molar-refractivity contribution >= 4 is 17.5 Å². The third kappa shape index (κ3) is 9.78. The molecule has 3 saturated carbocycles. The lowest BCUT2D eigenvalue weighted by atomic mass is 9.69. The number of halogens is 1. The Balaban J connectivity index is 1.11. The number of nitrogens with zero attached hydrogens (tertiary/aromatic N) is 2. The maximum Gasteiger partial charge on any atom is 0.220 e. The molecule has 2 aliphatic heterocycles. The average Bonchev–Trinajstić information content (AvgIpc) is 3.50. The van der Waals surface area contributed by atoms with Crippen LogP contribution in [0.15, 0.2) is 0 Å². The van der Waals surface area contributed by atoms with Gasteiger partial charge in [-0.05, 0) is 103 Å². The Morgan fingerprint density at radius 2 is 1.87 bits per heavy atom. The van der Waals surface area contributed by atoms with Crippen molar-refractivity contribution in [1.82, 2.24) is 26.3 Å². The van der Waals surface area contributed by atoms with Gasteiger partial charge in [0.25, 0.3) is 0 Å². The third-order valence-corrected chi connectivity index (χ3v) is 12.0. The molecule has 46 heavy (non-hydrogen) atoms. The van der Waals surface area contributed by atoms with Gasteiger partial charge in [-0.3, -0.25) is 9.63 Å². The first-order chi connectivity index (χ1) is 22.2. The maximum absolute atomic E-state index is 12.9. The lowest BCUT2D eigenvalue weighted by Crippen LogP contribution is -2.66. The lowest BCUT2D eigenvalue weighted by Gasteiger charge is -2.50. The molecule has 5 aliphatic rings.